The zero-order valence-electron chi connectivity index (χ0n) is 15.4. The summed E-state index contributed by atoms with van der Waals surface area (Å²) in [7, 11) is 0. The third kappa shape index (κ3) is 5.37. The summed E-state index contributed by atoms with van der Waals surface area (Å²) in [6.07, 6.45) is -2.21. The fourth-order valence-electron chi connectivity index (χ4n) is 2.98. The second-order valence-electron chi connectivity index (χ2n) is 6.76. The number of nitrogens with one attached hydrogen (secondary N) is 3. The summed E-state index contributed by atoms with van der Waals surface area (Å²) in [6, 6.07) is 11.2. The van der Waals surface area contributed by atoms with Crippen LogP contribution >= 0.6 is 0 Å². The number of urea groups is 1. The molecule has 8 heteroatoms. The van der Waals surface area contributed by atoms with Gasteiger partial charge in [-0.1, -0.05) is 18.2 Å². The monoisotopic (exact) mass is 403 g/mol. The van der Waals surface area contributed by atoms with Crippen LogP contribution in [0.25, 0.3) is 0 Å². The first-order valence-corrected chi connectivity index (χ1v) is 9.02. The Balaban J connectivity index is 1.52. The van der Waals surface area contributed by atoms with Gasteiger partial charge in [0.2, 0.25) is 5.91 Å². The quantitative estimate of drug-likeness (QED) is 0.609. The molecular formula is C21H20F3N3O2. The molecule has 0 aromatic heterocycles. The minimum atomic E-state index is -4.37. The fraction of sp³-hybridized carbons (Fsp3) is 0.238. The van der Waals surface area contributed by atoms with Crippen molar-refractivity contribution in [1.82, 2.24) is 5.32 Å². The smallest absolute Gasteiger partial charge is 0.334 e. The number of carbonyl (C=O) groups is 2. The summed E-state index contributed by atoms with van der Waals surface area (Å²) >= 11 is 0. The molecule has 0 heterocycles. The molecule has 2 atom stereocenters. The number of carbonyl (C=O) groups excluding carboxylic acids is 2. The highest BCUT2D eigenvalue weighted by Crippen LogP contribution is 2.48. The van der Waals surface area contributed by atoms with Gasteiger partial charge in [-0.15, -0.1) is 6.58 Å². The second kappa shape index (κ2) is 8.38. The highest BCUT2D eigenvalue weighted by molar-refractivity contribution is 5.95. The highest BCUT2D eigenvalue weighted by Gasteiger charge is 2.44. The Hall–Kier alpha value is -3.29. The molecule has 2 aromatic carbocycles. The Morgan fingerprint density at radius 2 is 1.59 bits per heavy atom. The van der Waals surface area contributed by atoms with E-state index in [1.54, 1.807) is 30.3 Å². The van der Waals surface area contributed by atoms with Gasteiger partial charge in [-0.3, -0.25) is 4.79 Å². The standard InChI is InChI=1S/C21H20F3N3O2/c1-2-11-25-20(29)27-16-9-7-15(8-10-16)26-19(28)18-12-17(18)13-3-5-14(6-4-13)21(22,23)24/h2-10,17-18H,1,11-12H2,(H,26,28)(H2,25,27,29). The van der Waals surface area contributed by atoms with Gasteiger partial charge in [-0.25, -0.2) is 4.79 Å². The summed E-state index contributed by atoms with van der Waals surface area (Å²) in [5.74, 6) is -0.527. The second-order valence-corrected chi connectivity index (χ2v) is 6.76. The van der Waals surface area contributed by atoms with E-state index in [0.29, 0.717) is 24.3 Å². The van der Waals surface area contributed by atoms with Crippen LogP contribution < -0.4 is 16.0 Å². The maximum atomic E-state index is 12.6. The maximum absolute atomic E-state index is 12.6. The van der Waals surface area contributed by atoms with Crippen LogP contribution in [0.2, 0.25) is 0 Å². The average molecular weight is 403 g/mol. The lowest BCUT2D eigenvalue weighted by molar-refractivity contribution is -0.137. The number of rotatable bonds is 6. The number of anilines is 2. The van der Waals surface area contributed by atoms with E-state index >= 15 is 0 Å². The van der Waals surface area contributed by atoms with Crippen molar-refractivity contribution in [1.29, 1.82) is 0 Å². The van der Waals surface area contributed by atoms with Gasteiger partial charge in [0.05, 0.1) is 5.56 Å². The molecule has 0 saturated heterocycles. The number of alkyl halides is 3. The first-order chi connectivity index (χ1) is 13.8. The molecule has 0 bridgehead atoms. The SMILES string of the molecule is C=CCNC(=O)Nc1ccc(NC(=O)C2CC2c2ccc(C(F)(F)F)cc2)cc1. The van der Waals surface area contributed by atoms with Crippen molar-refractivity contribution < 1.29 is 22.8 Å². The van der Waals surface area contributed by atoms with Crippen molar-refractivity contribution in [3.63, 3.8) is 0 Å². The average Bonchev–Trinajstić information content (AvgIpc) is 3.48. The number of amides is 3. The predicted octanol–water partition coefficient (Wildman–Crippen LogP) is 4.76. The van der Waals surface area contributed by atoms with Crippen LogP contribution in [0.1, 0.15) is 23.5 Å². The van der Waals surface area contributed by atoms with Gasteiger partial charge in [0, 0.05) is 23.8 Å². The molecule has 1 aliphatic rings. The molecule has 1 saturated carbocycles. The van der Waals surface area contributed by atoms with E-state index in [4.69, 9.17) is 0 Å². The van der Waals surface area contributed by atoms with E-state index in [1.165, 1.54) is 12.1 Å². The highest BCUT2D eigenvalue weighted by atomic mass is 19.4. The number of halogens is 3. The van der Waals surface area contributed by atoms with Gasteiger partial charge < -0.3 is 16.0 Å². The Morgan fingerprint density at radius 3 is 2.14 bits per heavy atom. The largest absolute Gasteiger partial charge is 0.416 e. The first kappa shape index (κ1) is 20.4. The van der Waals surface area contributed by atoms with Crippen molar-refractivity contribution in [2.45, 2.75) is 18.5 Å². The summed E-state index contributed by atoms with van der Waals surface area (Å²) in [5.41, 5.74) is 1.17. The van der Waals surface area contributed by atoms with E-state index in [-0.39, 0.29) is 23.8 Å². The predicted molar refractivity (Wildman–Crippen MR) is 105 cm³/mol. The van der Waals surface area contributed by atoms with E-state index in [1.807, 2.05) is 0 Å². The van der Waals surface area contributed by atoms with Gasteiger partial charge in [0.15, 0.2) is 0 Å². The number of hydrogen-bond donors (Lipinski definition) is 3. The van der Waals surface area contributed by atoms with Crippen LogP contribution in [0.5, 0.6) is 0 Å². The zero-order valence-corrected chi connectivity index (χ0v) is 15.4. The third-order valence-electron chi connectivity index (χ3n) is 4.61. The number of benzene rings is 2. The van der Waals surface area contributed by atoms with Gasteiger partial charge >= 0.3 is 12.2 Å². The Bertz CT molecular complexity index is 893. The van der Waals surface area contributed by atoms with Gasteiger partial charge in [-0.2, -0.15) is 13.2 Å². The molecule has 5 nitrogen and oxygen atoms in total. The molecule has 3 rings (SSSR count). The molecule has 0 aliphatic heterocycles. The van der Waals surface area contributed by atoms with Gasteiger partial charge in [0.1, 0.15) is 0 Å². The van der Waals surface area contributed by atoms with Crippen LogP contribution in [0.4, 0.5) is 29.3 Å². The lowest BCUT2D eigenvalue weighted by atomic mass is 10.1. The van der Waals surface area contributed by atoms with Crippen molar-refractivity contribution >= 4 is 23.3 Å². The molecule has 1 fully saturated rings. The Morgan fingerprint density at radius 1 is 1.00 bits per heavy atom. The lowest BCUT2D eigenvalue weighted by Gasteiger charge is -2.09. The molecular weight excluding hydrogens is 383 g/mol. The maximum Gasteiger partial charge on any atom is 0.416 e. The Kier molecular flexibility index (Phi) is 5.91. The topological polar surface area (TPSA) is 70.2 Å². The first-order valence-electron chi connectivity index (χ1n) is 9.02. The lowest BCUT2D eigenvalue weighted by Crippen LogP contribution is -2.28. The van der Waals surface area contributed by atoms with Gasteiger partial charge in [-0.05, 0) is 54.3 Å². The number of hydrogen-bond acceptors (Lipinski definition) is 2. The fourth-order valence-corrected chi connectivity index (χ4v) is 2.98. The minimum Gasteiger partial charge on any atom is -0.334 e. The van der Waals surface area contributed by atoms with Gasteiger partial charge in [0.25, 0.3) is 0 Å². The van der Waals surface area contributed by atoms with Crippen LogP contribution in [0.15, 0.2) is 61.2 Å². The van der Waals surface area contributed by atoms with Crippen LogP contribution in [-0.4, -0.2) is 18.5 Å². The normalized spacial score (nSPS) is 17.9. The summed E-state index contributed by atoms with van der Waals surface area (Å²) in [5, 5.41) is 8.02. The molecule has 152 valence electrons. The van der Waals surface area contributed by atoms with Crippen molar-refractivity contribution in [2.75, 3.05) is 17.2 Å². The summed E-state index contributed by atoms with van der Waals surface area (Å²) in [6.45, 7) is 3.86. The van der Waals surface area contributed by atoms with Crippen LogP contribution in [0.3, 0.4) is 0 Å². The summed E-state index contributed by atoms with van der Waals surface area (Å²) < 4.78 is 37.9. The van der Waals surface area contributed by atoms with Crippen molar-refractivity contribution in [3.8, 4) is 0 Å². The van der Waals surface area contributed by atoms with Crippen molar-refractivity contribution in [3.05, 3.63) is 72.3 Å². The zero-order chi connectivity index (χ0) is 21.0. The van der Waals surface area contributed by atoms with E-state index in [2.05, 4.69) is 22.5 Å². The molecule has 3 N–H and O–H groups in total. The molecule has 2 unspecified atom stereocenters. The van der Waals surface area contributed by atoms with Crippen LogP contribution in [0, 0.1) is 5.92 Å². The van der Waals surface area contributed by atoms with E-state index < -0.39 is 11.7 Å². The molecule has 0 radical (unpaired) electrons. The van der Waals surface area contributed by atoms with Crippen LogP contribution in [-0.2, 0) is 11.0 Å². The minimum absolute atomic E-state index is 0.0771. The Labute approximate surface area is 166 Å². The van der Waals surface area contributed by atoms with E-state index in [9.17, 15) is 22.8 Å². The third-order valence-corrected chi connectivity index (χ3v) is 4.61. The van der Waals surface area contributed by atoms with E-state index in [0.717, 1.165) is 17.7 Å². The molecule has 1 aliphatic carbocycles. The summed E-state index contributed by atoms with van der Waals surface area (Å²) in [4.78, 5) is 24.0. The molecule has 3 amide bonds. The molecule has 0 spiro atoms. The van der Waals surface area contributed by atoms with Crippen molar-refractivity contribution in [2.24, 2.45) is 5.92 Å². The molecule has 2 aromatic rings. The molecule has 29 heavy (non-hydrogen) atoms.